The predicted molar refractivity (Wildman–Crippen MR) is 273 cm³/mol. The minimum atomic E-state index is 0.595. The van der Waals surface area contributed by atoms with Crippen molar-refractivity contribution in [1.82, 2.24) is 15.0 Å². The van der Waals surface area contributed by atoms with Gasteiger partial charge in [-0.15, -0.1) is 0 Å². The Morgan fingerprint density at radius 1 is 0.273 bits per heavy atom. The van der Waals surface area contributed by atoms with Crippen LogP contribution in [0.5, 0.6) is 0 Å². The van der Waals surface area contributed by atoms with E-state index in [9.17, 15) is 5.26 Å². The van der Waals surface area contributed by atoms with Gasteiger partial charge >= 0.3 is 0 Å². The number of hydrogen-bond acceptors (Lipinski definition) is 4. The molecule has 1 heterocycles. The van der Waals surface area contributed by atoms with Crippen LogP contribution in [0.2, 0.25) is 0 Å². The zero-order valence-electron chi connectivity index (χ0n) is 35.6. The molecule has 0 radical (unpaired) electrons. The molecule has 0 bridgehead atoms. The molecule has 0 aliphatic rings. The second kappa shape index (κ2) is 15.1. The fourth-order valence-electron chi connectivity index (χ4n) is 10.1. The Morgan fingerprint density at radius 2 is 0.697 bits per heavy atom. The monoisotopic (exact) mass is 836 g/mol. The van der Waals surface area contributed by atoms with Gasteiger partial charge in [0.25, 0.3) is 0 Å². The van der Waals surface area contributed by atoms with E-state index in [1.54, 1.807) is 0 Å². The van der Waals surface area contributed by atoms with Crippen LogP contribution in [0.25, 0.3) is 132 Å². The number of rotatable bonds is 6. The van der Waals surface area contributed by atoms with Gasteiger partial charge in [-0.25, -0.2) is 15.0 Å². The van der Waals surface area contributed by atoms with Crippen molar-refractivity contribution in [2.24, 2.45) is 0 Å². The molecule has 1 aromatic heterocycles. The predicted octanol–water partition coefficient (Wildman–Crippen LogP) is 16.1. The zero-order valence-corrected chi connectivity index (χ0v) is 35.6. The number of benzene rings is 11. The molecule has 4 nitrogen and oxygen atoms in total. The van der Waals surface area contributed by atoms with Crippen molar-refractivity contribution in [2.75, 3.05) is 0 Å². The van der Waals surface area contributed by atoms with E-state index in [1.165, 1.54) is 70.2 Å². The first kappa shape index (κ1) is 37.5. The zero-order chi connectivity index (χ0) is 43.7. The Balaban J connectivity index is 0.937. The van der Waals surface area contributed by atoms with Gasteiger partial charge in [0.15, 0.2) is 17.5 Å². The number of nitrogens with zero attached hydrogens (tertiary/aromatic N) is 4. The molecule has 0 N–H and O–H groups in total. The molecular weight excluding hydrogens is 801 g/mol. The van der Waals surface area contributed by atoms with Crippen molar-refractivity contribution in [3.63, 3.8) is 0 Å². The normalized spacial score (nSPS) is 11.6. The summed E-state index contributed by atoms with van der Waals surface area (Å²) in [5.74, 6) is 1.81. The first-order chi connectivity index (χ1) is 32.6. The van der Waals surface area contributed by atoms with Gasteiger partial charge in [-0.2, -0.15) is 5.26 Å². The van der Waals surface area contributed by atoms with Gasteiger partial charge in [0.2, 0.25) is 0 Å². The molecule has 0 aliphatic carbocycles. The molecule has 0 amide bonds. The van der Waals surface area contributed by atoms with Crippen LogP contribution < -0.4 is 0 Å². The molecule has 66 heavy (non-hydrogen) atoms. The number of fused-ring (bicyclic) bond motifs is 2. The van der Waals surface area contributed by atoms with Crippen molar-refractivity contribution in [3.05, 3.63) is 224 Å². The molecule has 0 atom stereocenters. The van der Waals surface area contributed by atoms with E-state index in [0.717, 1.165) is 44.5 Å². The topological polar surface area (TPSA) is 62.5 Å². The van der Waals surface area contributed by atoms with Crippen molar-refractivity contribution >= 4 is 64.6 Å². The molecule has 0 saturated heterocycles. The van der Waals surface area contributed by atoms with Crippen LogP contribution in [-0.4, -0.2) is 15.0 Å². The maximum absolute atomic E-state index is 9.28. The van der Waals surface area contributed by atoms with E-state index < -0.39 is 0 Å². The molecule has 0 spiro atoms. The Hall–Kier alpha value is -9.04. The molecule has 304 valence electrons. The molecule has 4 heteroatoms. The third kappa shape index (κ3) is 6.10. The van der Waals surface area contributed by atoms with E-state index in [4.69, 9.17) is 15.0 Å². The van der Waals surface area contributed by atoms with E-state index in [0.29, 0.717) is 23.0 Å². The Bertz CT molecular complexity index is 4070. The molecule has 0 aliphatic heterocycles. The summed E-state index contributed by atoms with van der Waals surface area (Å²) in [7, 11) is 0. The van der Waals surface area contributed by atoms with Crippen LogP contribution in [0.15, 0.2) is 218 Å². The van der Waals surface area contributed by atoms with Crippen LogP contribution in [0.3, 0.4) is 0 Å². The lowest BCUT2D eigenvalue weighted by atomic mass is 9.86. The molecule has 13 aromatic rings. The minimum Gasteiger partial charge on any atom is -0.208 e. The highest BCUT2D eigenvalue weighted by Crippen LogP contribution is 2.45. The van der Waals surface area contributed by atoms with Crippen molar-refractivity contribution in [2.45, 2.75) is 0 Å². The quantitative estimate of drug-likeness (QED) is 0.157. The summed E-state index contributed by atoms with van der Waals surface area (Å²) in [5.41, 5.74) is 9.88. The highest BCUT2D eigenvalue weighted by molar-refractivity contribution is 6.37. The lowest BCUT2D eigenvalue weighted by Crippen LogP contribution is -2.01. The van der Waals surface area contributed by atoms with Gasteiger partial charge in [0.05, 0.1) is 11.6 Å². The van der Waals surface area contributed by atoms with E-state index in [-0.39, 0.29) is 0 Å². The van der Waals surface area contributed by atoms with Crippen LogP contribution in [-0.2, 0) is 0 Å². The lowest BCUT2D eigenvalue weighted by molar-refractivity contribution is 1.07. The number of aromatic nitrogens is 3. The summed E-state index contributed by atoms with van der Waals surface area (Å²) >= 11 is 0. The van der Waals surface area contributed by atoms with Crippen molar-refractivity contribution in [3.8, 4) is 73.6 Å². The Morgan fingerprint density at radius 3 is 1.27 bits per heavy atom. The SMILES string of the molecule is N#Cc1ccc(-c2ccc(-c3nc(-c4ccccc4)nc(-c4ccccc4-c4ccc(-c5cc6ccc7cccc8c9cccc%10ccc%11cccc(c(c5)c6c78)c%11c%109)cc4)n3)cc2)cc1. The van der Waals surface area contributed by atoms with Gasteiger partial charge in [-0.3, -0.25) is 0 Å². The molecule has 13 rings (SSSR count). The van der Waals surface area contributed by atoms with Crippen LogP contribution >= 0.6 is 0 Å². The maximum atomic E-state index is 9.28. The third-order valence-corrected chi connectivity index (χ3v) is 13.3. The second-order valence-corrected chi connectivity index (χ2v) is 17.0. The largest absolute Gasteiger partial charge is 0.208 e. The third-order valence-electron chi connectivity index (χ3n) is 13.3. The average Bonchev–Trinajstić information content (AvgIpc) is 3.39. The summed E-state index contributed by atoms with van der Waals surface area (Å²) in [6.07, 6.45) is 0. The van der Waals surface area contributed by atoms with Crippen LogP contribution in [0, 0.1) is 11.3 Å². The summed E-state index contributed by atoms with van der Waals surface area (Å²) in [6.45, 7) is 0. The van der Waals surface area contributed by atoms with Gasteiger partial charge < -0.3 is 0 Å². The van der Waals surface area contributed by atoms with Gasteiger partial charge in [-0.1, -0.05) is 194 Å². The molecule has 0 saturated carbocycles. The van der Waals surface area contributed by atoms with Crippen molar-refractivity contribution in [1.29, 1.82) is 5.26 Å². The highest BCUT2D eigenvalue weighted by atomic mass is 15.0. The molecule has 0 unspecified atom stereocenters. The average molecular weight is 837 g/mol. The fraction of sp³-hybridized carbons (Fsp3) is 0. The second-order valence-electron chi connectivity index (χ2n) is 17.0. The van der Waals surface area contributed by atoms with Gasteiger partial charge in [0.1, 0.15) is 0 Å². The summed E-state index contributed by atoms with van der Waals surface area (Å²) < 4.78 is 0. The molecule has 12 aromatic carbocycles. The first-order valence-corrected chi connectivity index (χ1v) is 22.2. The van der Waals surface area contributed by atoms with Crippen LogP contribution in [0.4, 0.5) is 0 Å². The maximum Gasteiger partial charge on any atom is 0.164 e. The summed E-state index contributed by atoms with van der Waals surface area (Å²) in [6, 6.07) is 79.6. The summed E-state index contributed by atoms with van der Waals surface area (Å²) in [5, 5.41) is 24.6. The van der Waals surface area contributed by atoms with Gasteiger partial charge in [0, 0.05) is 16.7 Å². The van der Waals surface area contributed by atoms with E-state index in [2.05, 4.69) is 164 Å². The number of nitriles is 1. The fourth-order valence-corrected chi connectivity index (χ4v) is 10.1. The Kier molecular flexibility index (Phi) is 8.56. The minimum absolute atomic E-state index is 0.595. The molecular formula is C62H36N4. The highest BCUT2D eigenvalue weighted by Gasteiger charge is 2.19. The smallest absolute Gasteiger partial charge is 0.164 e. The van der Waals surface area contributed by atoms with Crippen LogP contribution in [0.1, 0.15) is 5.56 Å². The summed E-state index contributed by atoms with van der Waals surface area (Å²) in [4.78, 5) is 15.3. The number of hydrogen-bond donors (Lipinski definition) is 0. The van der Waals surface area contributed by atoms with E-state index in [1.807, 2.05) is 60.7 Å². The molecule has 0 fully saturated rings. The Labute approximate surface area is 380 Å². The standard InChI is InChI=1S/C62H36N4/c63-37-38-19-21-39(22-20-38)40-25-32-47(33-26-40)61-64-60(46-9-2-1-3-10-46)65-62(66-61)54-15-5-4-14-50(54)42-27-23-41(24-28-42)49-35-48-34-31-45-12-7-17-52-51-16-6-11-43-29-30-44-13-8-18-53(58(44)56(43)51)55(36-49)59(48)57(45)52/h1-36H. The van der Waals surface area contributed by atoms with Gasteiger partial charge in [-0.05, 0) is 122 Å². The van der Waals surface area contributed by atoms with E-state index >= 15 is 0 Å². The first-order valence-electron chi connectivity index (χ1n) is 22.2. The van der Waals surface area contributed by atoms with Crippen molar-refractivity contribution < 1.29 is 0 Å². The lowest BCUT2D eigenvalue weighted by Gasteiger charge is -2.17.